The SMILES string of the molecule is CC(NC(=O)CCCn1c(C(F)(F)F)nc2ccccc21)c1cc2ccccc2o1. The van der Waals surface area contributed by atoms with Gasteiger partial charge in [-0.25, -0.2) is 4.98 Å². The zero-order valence-corrected chi connectivity index (χ0v) is 16.2. The van der Waals surface area contributed by atoms with Crippen LogP contribution in [0.1, 0.15) is 37.4 Å². The van der Waals surface area contributed by atoms with Crippen LogP contribution in [-0.2, 0) is 17.5 Å². The molecule has 4 aromatic rings. The summed E-state index contributed by atoms with van der Waals surface area (Å²) in [6, 6.07) is 15.5. The van der Waals surface area contributed by atoms with Crippen LogP contribution >= 0.6 is 0 Å². The van der Waals surface area contributed by atoms with E-state index in [1.165, 1.54) is 0 Å². The van der Waals surface area contributed by atoms with Gasteiger partial charge in [0.05, 0.1) is 17.1 Å². The number of rotatable bonds is 6. The van der Waals surface area contributed by atoms with Crippen LogP contribution in [0, 0.1) is 0 Å². The van der Waals surface area contributed by atoms with Gasteiger partial charge in [0.1, 0.15) is 11.3 Å². The standard InChI is InChI=1S/C22H20F3N3O2/c1-14(19-13-15-7-2-5-10-18(15)30-19)26-20(29)11-6-12-28-17-9-4-3-8-16(17)27-21(28)22(23,24)25/h2-5,7-10,13-14H,6,11-12H2,1H3,(H,26,29). The Morgan fingerprint density at radius 1 is 1.17 bits per heavy atom. The summed E-state index contributed by atoms with van der Waals surface area (Å²) in [7, 11) is 0. The van der Waals surface area contributed by atoms with Gasteiger partial charge in [-0.15, -0.1) is 0 Å². The Bertz CT molecular complexity index is 1160. The molecule has 1 atom stereocenters. The molecule has 0 bridgehead atoms. The molecule has 30 heavy (non-hydrogen) atoms. The predicted octanol–water partition coefficient (Wildman–Crippen LogP) is 5.46. The van der Waals surface area contributed by atoms with Crippen LogP contribution < -0.4 is 5.32 Å². The topological polar surface area (TPSA) is 60.1 Å². The number of benzene rings is 2. The monoisotopic (exact) mass is 415 g/mol. The molecule has 2 aromatic heterocycles. The van der Waals surface area contributed by atoms with Crippen LogP contribution in [0.5, 0.6) is 0 Å². The van der Waals surface area contributed by atoms with E-state index in [1.54, 1.807) is 31.2 Å². The molecule has 8 heteroatoms. The molecule has 0 saturated carbocycles. The van der Waals surface area contributed by atoms with Crippen LogP contribution in [0.25, 0.3) is 22.0 Å². The number of hydrogen-bond donors (Lipinski definition) is 1. The summed E-state index contributed by atoms with van der Waals surface area (Å²) in [4.78, 5) is 16.0. The maximum Gasteiger partial charge on any atom is 0.449 e. The minimum atomic E-state index is -4.56. The van der Waals surface area contributed by atoms with E-state index in [9.17, 15) is 18.0 Å². The highest BCUT2D eigenvalue weighted by Gasteiger charge is 2.37. The number of carbonyl (C=O) groups is 1. The number of hydrogen-bond acceptors (Lipinski definition) is 3. The van der Waals surface area contributed by atoms with E-state index in [0.29, 0.717) is 11.3 Å². The number of furan rings is 1. The lowest BCUT2D eigenvalue weighted by molar-refractivity contribution is -0.146. The molecule has 0 aliphatic carbocycles. The zero-order chi connectivity index (χ0) is 21.3. The van der Waals surface area contributed by atoms with Gasteiger partial charge in [-0.3, -0.25) is 4.79 Å². The fraction of sp³-hybridized carbons (Fsp3) is 0.273. The highest BCUT2D eigenvalue weighted by molar-refractivity contribution is 5.79. The van der Waals surface area contributed by atoms with E-state index in [0.717, 1.165) is 15.5 Å². The Morgan fingerprint density at radius 2 is 1.90 bits per heavy atom. The molecule has 0 spiro atoms. The van der Waals surface area contributed by atoms with Crippen LogP contribution in [-0.4, -0.2) is 15.5 Å². The molecule has 1 N–H and O–H groups in total. The first-order chi connectivity index (χ1) is 14.3. The molecule has 5 nitrogen and oxygen atoms in total. The van der Waals surface area contributed by atoms with Crippen molar-refractivity contribution in [1.82, 2.24) is 14.9 Å². The molecule has 0 fully saturated rings. The summed E-state index contributed by atoms with van der Waals surface area (Å²) in [6.45, 7) is 1.85. The van der Waals surface area contributed by atoms with Gasteiger partial charge in [0, 0.05) is 18.4 Å². The Morgan fingerprint density at radius 3 is 2.67 bits per heavy atom. The fourth-order valence-electron chi connectivity index (χ4n) is 3.52. The predicted molar refractivity (Wildman–Crippen MR) is 107 cm³/mol. The molecule has 2 aromatic carbocycles. The molecule has 0 saturated heterocycles. The first kappa shape index (κ1) is 20.0. The minimum Gasteiger partial charge on any atom is -0.459 e. The number of aromatic nitrogens is 2. The van der Waals surface area contributed by atoms with E-state index in [1.807, 2.05) is 30.3 Å². The highest BCUT2D eigenvalue weighted by Crippen LogP contribution is 2.31. The van der Waals surface area contributed by atoms with E-state index in [-0.39, 0.29) is 36.9 Å². The Hall–Kier alpha value is -3.29. The van der Waals surface area contributed by atoms with Crippen molar-refractivity contribution in [2.24, 2.45) is 0 Å². The number of alkyl halides is 3. The maximum atomic E-state index is 13.3. The van der Waals surface area contributed by atoms with Gasteiger partial charge in [-0.2, -0.15) is 13.2 Å². The Balaban J connectivity index is 1.40. The maximum absolute atomic E-state index is 13.3. The number of para-hydroxylation sites is 3. The first-order valence-corrected chi connectivity index (χ1v) is 9.63. The van der Waals surface area contributed by atoms with Gasteiger partial charge in [-0.05, 0) is 37.6 Å². The second-order valence-electron chi connectivity index (χ2n) is 7.15. The molecule has 1 amide bonds. The second-order valence-corrected chi connectivity index (χ2v) is 7.15. The lowest BCUT2D eigenvalue weighted by atomic mass is 10.2. The van der Waals surface area contributed by atoms with Crippen molar-refractivity contribution in [3.8, 4) is 0 Å². The summed E-state index contributed by atoms with van der Waals surface area (Å²) in [6.07, 6.45) is -4.21. The number of amides is 1. The third kappa shape index (κ3) is 4.03. The van der Waals surface area contributed by atoms with Crippen molar-refractivity contribution in [3.63, 3.8) is 0 Å². The Labute approximate surface area is 170 Å². The largest absolute Gasteiger partial charge is 0.459 e. The average molecular weight is 415 g/mol. The van der Waals surface area contributed by atoms with Crippen molar-refractivity contribution in [1.29, 1.82) is 0 Å². The number of imidazole rings is 1. The number of aryl methyl sites for hydroxylation is 1. The Kier molecular flexibility index (Phi) is 5.24. The quantitative estimate of drug-likeness (QED) is 0.455. The smallest absolute Gasteiger partial charge is 0.449 e. The average Bonchev–Trinajstić information content (AvgIpc) is 3.30. The molecule has 156 valence electrons. The third-order valence-electron chi connectivity index (χ3n) is 4.94. The number of nitrogens with zero attached hydrogens (tertiary/aromatic N) is 2. The number of carbonyl (C=O) groups excluding carboxylic acids is 1. The minimum absolute atomic E-state index is 0.0434. The number of nitrogens with one attached hydrogen (secondary N) is 1. The van der Waals surface area contributed by atoms with Crippen molar-refractivity contribution < 1.29 is 22.4 Å². The molecule has 1 unspecified atom stereocenters. The zero-order valence-electron chi connectivity index (χ0n) is 16.2. The molecule has 0 aliphatic rings. The first-order valence-electron chi connectivity index (χ1n) is 9.63. The van der Waals surface area contributed by atoms with Crippen LogP contribution in [0.2, 0.25) is 0 Å². The summed E-state index contributed by atoms with van der Waals surface area (Å²) >= 11 is 0. The van der Waals surface area contributed by atoms with Crippen LogP contribution in [0.3, 0.4) is 0 Å². The van der Waals surface area contributed by atoms with Crippen molar-refractivity contribution in [2.45, 2.75) is 38.5 Å². The number of fused-ring (bicyclic) bond motifs is 2. The van der Waals surface area contributed by atoms with Gasteiger partial charge in [0.25, 0.3) is 0 Å². The van der Waals surface area contributed by atoms with Gasteiger partial charge in [0.15, 0.2) is 0 Å². The van der Waals surface area contributed by atoms with Gasteiger partial charge in [0.2, 0.25) is 11.7 Å². The summed E-state index contributed by atoms with van der Waals surface area (Å²) in [5, 5.41) is 3.78. The molecule has 0 aliphatic heterocycles. The molecule has 4 rings (SSSR count). The van der Waals surface area contributed by atoms with E-state index in [4.69, 9.17) is 4.42 Å². The lowest BCUT2D eigenvalue weighted by Crippen LogP contribution is -2.26. The summed E-state index contributed by atoms with van der Waals surface area (Å²) in [5.74, 6) is -0.565. The van der Waals surface area contributed by atoms with Crippen molar-refractivity contribution >= 4 is 27.9 Å². The third-order valence-corrected chi connectivity index (χ3v) is 4.94. The van der Waals surface area contributed by atoms with Crippen molar-refractivity contribution in [3.05, 3.63) is 66.2 Å². The van der Waals surface area contributed by atoms with E-state index in [2.05, 4.69) is 10.3 Å². The lowest BCUT2D eigenvalue weighted by Gasteiger charge is -2.13. The highest BCUT2D eigenvalue weighted by atomic mass is 19.4. The van der Waals surface area contributed by atoms with Gasteiger partial charge in [-0.1, -0.05) is 30.3 Å². The van der Waals surface area contributed by atoms with Crippen LogP contribution in [0.15, 0.2) is 59.0 Å². The van der Waals surface area contributed by atoms with Crippen LogP contribution in [0.4, 0.5) is 13.2 Å². The van der Waals surface area contributed by atoms with E-state index >= 15 is 0 Å². The molecule has 0 radical (unpaired) electrons. The molecular weight excluding hydrogens is 395 g/mol. The summed E-state index contributed by atoms with van der Waals surface area (Å²) < 4.78 is 46.9. The number of halogens is 3. The van der Waals surface area contributed by atoms with Crippen molar-refractivity contribution in [2.75, 3.05) is 0 Å². The molecular formula is C22H20F3N3O2. The fourth-order valence-corrected chi connectivity index (χ4v) is 3.52. The van der Waals surface area contributed by atoms with Gasteiger partial charge >= 0.3 is 6.18 Å². The second kappa shape index (κ2) is 7.85. The van der Waals surface area contributed by atoms with Gasteiger partial charge < -0.3 is 14.3 Å². The normalized spacial score (nSPS) is 13.1. The summed E-state index contributed by atoms with van der Waals surface area (Å²) in [5.41, 5.74) is 1.42. The van der Waals surface area contributed by atoms with E-state index < -0.39 is 12.0 Å². The molecule has 2 heterocycles.